The zero-order valence-corrected chi connectivity index (χ0v) is 16.6. The van der Waals surface area contributed by atoms with Crippen molar-refractivity contribution in [2.45, 2.75) is 38.1 Å². The molecule has 3 heterocycles. The van der Waals surface area contributed by atoms with E-state index in [-0.39, 0.29) is 18.1 Å². The molecule has 4 aromatic rings. The minimum absolute atomic E-state index is 0.124. The molecule has 1 aromatic carbocycles. The van der Waals surface area contributed by atoms with Gasteiger partial charge in [0.15, 0.2) is 17.2 Å². The summed E-state index contributed by atoms with van der Waals surface area (Å²) in [5.41, 5.74) is 2.30. The maximum Gasteiger partial charge on any atom is 0.272 e. The largest absolute Gasteiger partial charge is 0.363 e. The third-order valence-electron chi connectivity index (χ3n) is 5.38. The molecule has 3 aromatic heterocycles. The fourth-order valence-electron chi connectivity index (χ4n) is 3.93. The number of benzene rings is 1. The van der Waals surface area contributed by atoms with E-state index in [2.05, 4.69) is 35.7 Å². The van der Waals surface area contributed by atoms with Gasteiger partial charge in [0.05, 0.1) is 0 Å². The van der Waals surface area contributed by atoms with Crippen LogP contribution in [-0.4, -0.2) is 31.0 Å². The van der Waals surface area contributed by atoms with Crippen molar-refractivity contribution < 1.29 is 13.7 Å². The van der Waals surface area contributed by atoms with Crippen molar-refractivity contribution in [3.63, 3.8) is 0 Å². The molecule has 0 saturated heterocycles. The van der Waals surface area contributed by atoms with Gasteiger partial charge in [-0.15, -0.1) is 0 Å². The lowest BCUT2D eigenvalue weighted by Gasteiger charge is -2.08. The first-order valence-corrected chi connectivity index (χ1v) is 10.1. The van der Waals surface area contributed by atoms with Crippen molar-refractivity contribution in [1.29, 1.82) is 0 Å². The summed E-state index contributed by atoms with van der Waals surface area (Å²) in [6.45, 7) is 0.124. The number of imidazole rings is 1. The molecule has 158 valence electrons. The second kappa shape index (κ2) is 8.13. The summed E-state index contributed by atoms with van der Waals surface area (Å²) in [7, 11) is 0. The number of H-pyrrole nitrogens is 1. The summed E-state index contributed by atoms with van der Waals surface area (Å²) in [5, 5.41) is 9.48. The molecule has 1 aliphatic carbocycles. The third-order valence-corrected chi connectivity index (χ3v) is 5.38. The Kier molecular flexibility index (Phi) is 5.03. The Morgan fingerprint density at radius 1 is 1.23 bits per heavy atom. The van der Waals surface area contributed by atoms with Gasteiger partial charge in [-0.2, -0.15) is 0 Å². The molecule has 1 saturated carbocycles. The van der Waals surface area contributed by atoms with Gasteiger partial charge in [-0.05, 0) is 36.6 Å². The molecule has 0 spiro atoms. The number of halogens is 1. The summed E-state index contributed by atoms with van der Waals surface area (Å²) in [6, 6.07) is 6.04. The Hall–Kier alpha value is -3.82. The maximum atomic E-state index is 14.0. The number of aromatic nitrogens is 5. The van der Waals surface area contributed by atoms with Gasteiger partial charge in [0.25, 0.3) is 5.91 Å². The van der Waals surface area contributed by atoms with Crippen molar-refractivity contribution in [2.24, 2.45) is 0 Å². The van der Waals surface area contributed by atoms with Crippen molar-refractivity contribution in [3.8, 4) is 0 Å². The van der Waals surface area contributed by atoms with Crippen molar-refractivity contribution in [3.05, 3.63) is 59.8 Å². The lowest BCUT2D eigenvalue weighted by atomic mass is 10.1. The highest BCUT2D eigenvalue weighted by atomic mass is 19.1. The number of anilines is 2. The van der Waals surface area contributed by atoms with E-state index < -0.39 is 5.82 Å². The predicted octanol–water partition coefficient (Wildman–Crippen LogP) is 3.81. The first-order valence-electron chi connectivity index (χ1n) is 10.1. The first-order chi connectivity index (χ1) is 15.2. The molecule has 31 heavy (non-hydrogen) atoms. The number of rotatable bonds is 6. The van der Waals surface area contributed by atoms with Crippen LogP contribution < -0.4 is 10.6 Å². The van der Waals surface area contributed by atoms with Crippen LogP contribution in [-0.2, 0) is 6.54 Å². The average Bonchev–Trinajstić information content (AvgIpc) is 3.52. The Morgan fingerprint density at radius 3 is 2.90 bits per heavy atom. The quantitative estimate of drug-likeness (QED) is 0.433. The van der Waals surface area contributed by atoms with Gasteiger partial charge >= 0.3 is 0 Å². The number of carbonyl (C=O) groups is 1. The number of amides is 1. The minimum Gasteiger partial charge on any atom is -0.363 e. The van der Waals surface area contributed by atoms with Crippen LogP contribution in [0.5, 0.6) is 0 Å². The van der Waals surface area contributed by atoms with Gasteiger partial charge in [0.1, 0.15) is 29.7 Å². The van der Waals surface area contributed by atoms with Gasteiger partial charge in [0, 0.05) is 24.2 Å². The number of nitrogens with one attached hydrogen (secondary N) is 3. The number of fused-ring (bicyclic) bond motifs is 1. The van der Waals surface area contributed by atoms with Gasteiger partial charge < -0.3 is 20.1 Å². The van der Waals surface area contributed by atoms with E-state index in [0.717, 1.165) is 18.7 Å². The molecule has 5 rings (SSSR count). The van der Waals surface area contributed by atoms with Crippen LogP contribution in [0.2, 0.25) is 0 Å². The molecule has 9 nitrogen and oxygen atoms in total. The Bertz CT molecular complexity index is 1220. The monoisotopic (exact) mass is 421 g/mol. The fourth-order valence-corrected chi connectivity index (χ4v) is 3.93. The molecular weight excluding hydrogens is 401 g/mol. The van der Waals surface area contributed by atoms with Crippen LogP contribution in [0.15, 0.2) is 41.4 Å². The smallest absolute Gasteiger partial charge is 0.272 e. The topological polar surface area (TPSA) is 122 Å². The fraction of sp³-hybridized carbons (Fsp3) is 0.286. The Balaban J connectivity index is 1.32. The van der Waals surface area contributed by atoms with E-state index in [1.807, 2.05) is 0 Å². The average molecular weight is 421 g/mol. The molecule has 0 unspecified atom stereocenters. The minimum atomic E-state index is -0.433. The van der Waals surface area contributed by atoms with Crippen LogP contribution in [0.4, 0.5) is 15.9 Å². The van der Waals surface area contributed by atoms with E-state index in [1.54, 1.807) is 12.1 Å². The highest BCUT2D eigenvalue weighted by Crippen LogP contribution is 2.33. The maximum absolute atomic E-state index is 14.0. The molecule has 0 bridgehead atoms. The van der Waals surface area contributed by atoms with Crippen molar-refractivity contribution >= 4 is 28.6 Å². The molecular formula is C21H20FN7O2. The lowest BCUT2D eigenvalue weighted by Crippen LogP contribution is -2.24. The normalized spacial score (nSPS) is 14.2. The molecule has 10 heteroatoms. The highest BCUT2D eigenvalue weighted by molar-refractivity contribution is 6.02. The van der Waals surface area contributed by atoms with Gasteiger partial charge in [-0.25, -0.2) is 19.3 Å². The van der Waals surface area contributed by atoms with E-state index in [9.17, 15) is 9.18 Å². The standard InChI is InChI=1S/C21H20FN7O2/c22-14-7-12(8-15(9-14)26-16-5-6-31-29-16)10-23-21(30)18-17-20(25-11-24-18)28-19(27-17)13-3-1-2-4-13/h5-9,11,13H,1-4,10H2,(H,23,30)(H,26,29)(H,24,25,27,28). The summed E-state index contributed by atoms with van der Waals surface area (Å²) in [5.74, 6) is 0.867. The third kappa shape index (κ3) is 4.09. The predicted molar refractivity (Wildman–Crippen MR) is 110 cm³/mol. The lowest BCUT2D eigenvalue weighted by molar-refractivity contribution is 0.0947. The van der Waals surface area contributed by atoms with E-state index in [0.29, 0.717) is 34.2 Å². The van der Waals surface area contributed by atoms with Gasteiger partial charge in [-0.3, -0.25) is 4.79 Å². The number of carbonyl (C=O) groups excluding carboxylic acids is 1. The molecule has 3 N–H and O–H groups in total. The van der Waals surface area contributed by atoms with Crippen LogP contribution in [0.1, 0.15) is 53.5 Å². The van der Waals surface area contributed by atoms with E-state index >= 15 is 0 Å². The van der Waals surface area contributed by atoms with Crippen LogP contribution in [0.25, 0.3) is 11.2 Å². The number of aromatic amines is 1. The molecule has 0 radical (unpaired) electrons. The summed E-state index contributed by atoms with van der Waals surface area (Å²) >= 11 is 0. The summed E-state index contributed by atoms with van der Waals surface area (Å²) in [4.78, 5) is 28.9. The molecule has 1 amide bonds. The SMILES string of the molecule is O=C(NCc1cc(F)cc(Nc2ccon2)c1)c1ncnc2nc(C3CCCC3)[nH]c12. The zero-order valence-electron chi connectivity index (χ0n) is 16.6. The Morgan fingerprint density at radius 2 is 2.10 bits per heavy atom. The molecule has 1 aliphatic rings. The first kappa shape index (κ1) is 19.2. The zero-order chi connectivity index (χ0) is 21.2. The number of hydrogen-bond acceptors (Lipinski definition) is 7. The van der Waals surface area contributed by atoms with E-state index in [4.69, 9.17) is 4.52 Å². The second-order valence-corrected chi connectivity index (χ2v) is 7.56. The molecule has 0 atom stereocenters. The molecule has 0 aliphatic heterocycles. The van der Waals surface area contributed by atoms with E-state index in [1.165, 1.54) is 37.6 Å². The van der Waals surface area contributed by atoms with Crippen LogP contribution in [0, 0.1) is 5.82 Å². The Labute approximate surface area is 176 Å². The van der Waals surface area contributed by atoms with Gasteiger partial charge in [0.2, 0.25) is 0 Å². The molecule has 1 fully saturated rings. The second-order valence-electron chi connectivity index (χ2n) is 7.56. The van der Waals surface area contributed by atoms with Crippen molar-refractivity contribution in [2.75, 3.05) is 5.32 Å². The summed E-state index contributed by atoms with van der Waals surface area (Å²) in [6.07, 6.45) is 7.28. The van der Waals surface area contributed by atoms with Crippen molar-refractivity contribution in [1.82, 2.24) is 30.4 Å². The number of hydrogen-bond donors (Lipinski definition) is 3. The van der Waals surface area contributed by atoms with Gasteiger partial charge in [-0.1, -0.05) is 18.0 Å². The summed E-state index contributed by atoms with van der Waals surface area (Å²) < 4.78 is 18.8. The van der Waals surface area contributed by atoms with Crippen LogP contribution >= 0.6 is 0 Å². The highest BCUT2D eigenvalue weighted by Gasteiger charge is 2.23. The van der Waals surface area contributed by atoms with Crippen LogP contribution in [0.3, 0.4) is 0 Å². The number of nitrogens with zero attached hydrogens (tertiary/aromatic N) is 4.